The van der Waals surface area contributed by atoms with E-state index in [1.165, 1.54) is 154 Å². The molecule has 0 saturated heterocycles. The maximum atomic E-state index is 12.3. The van der Waals surface area contributed by atoms with Gasteiger partial charge in [-0.25, -0.2) is 0 Å². The summed E-state index contributed by atoms with van der Waals surface area (Å²) in [6.07, 6.45) is 46.1. The average Bonchev–Trinajstić information content (AvgIpc) is 3.06. The Bertz CT molecular complexity index is 706. The molecule has 270 valence electrons. The van der Waals surface area contributed by atoms with Crippen molar-refractivity contribution in [3.05, 3.63) is 24.3 Å². The van der Waals surface area contributed by atoms with Gasteiger partial charge >= 0.3 is 0 Å². The van der Waals surface area contributed by atoms with Crippen LogP contribution in [-0.4, -0.2) is 30.9 Å². The van der Waals surface area contributed by atoms with Gasteiger partial charge in [0, 0.05) is 19.5 Å². The number of carbonyl (C=O) groups is 2. The third-order valence-corrected chi connectivity index (χ3v) is 9.02. The fourth-order valence-electron chi connectivity index (χ4n) is 5.82. The summed E-state index contributed by atoms with van der Waals surface area (Å²) in [6, 6.07) is -0.606. The summed E-state index contributed by atoms with van der Waals surface area (Å²) in [5, 5.41) is 5.94. The summed E-state index contributed by atoms with van der Waals surface area (Å²) < 4.78 is 0. The Labute approximate surface area is 287 Å². The zero-order valence-corrected chi connectivity index (χ0v) is 30.9. The van der Waals surface area contributed by atoms with Crippen LogP contribution in [0, 0.1) is 0 Å². The molecule has 0 aliphatic rings. The molecule has 5 nitrogen and oxygen atoms in total. The topological polar surface area (TPSA) is 84.2 Å². The van der Waals surface area contributed by atoms with E-state index in [0.29, 0.717) is 19.4 Å². The molecular formula is C41H79N3O2. The molecule has 0 spiro atoms. The maximum absolute atomic E-state index is 12.3. The first kappa shape index (κ1) is 44.4. The highest BCUT2D eigenvalue weighted by molar-refractivity contribution is 5.82. The Morgan fingerprint density at radius 2 is 0.804 bits per heavy atom. The van der Waals surface area contributed by atoms with Crippen LogP contribution in [0.25, 0.3) is 0 Å². The van der Waals surface area contributed by atoms with E-state index in [-0.39, 0.29) is 11.8 Å². The van der Waals surface area contributed by atoms with Crippen molar-refractivity contribution in [2.24, 2.45) is 5.73 Å². The Morgan fingerprint density at radius 1 is 0.478 bits per heavy atom. The third-order valence-electron chi connectivity index (χ3n) is 9.02. The normalized spacial score (nSPS) is 12.3. The summed E-state index contributed by atoms with van der Waals surface area (Å²) in [5.74, 6) is -0.127. The lowest BCUT2D eigenvalue weighted by Crippen LogP contribution is -2.41. The zero-order chi connectivity index (χ0) is 33.6. The first-order valence-corrected chi connectivity index (χ1v) is 20.2. The zero-order valence-electron chi connectivity index (χ0n) is 30.9. The Balaban J connectivity index is 3.44. The van der Waals surface area contributed by atoms with E-state index < -0.39 is 6.04 Å². The maximum Gasteiger partial charge on any atom is 0.236 e. The molecule has 0 aliphatic carbocycles. The predicted molar refractivity (Wildman–Crippen MR) is 202 cm³/mol. The lowest BCUT2D eigenvalue weighted by molar-refractivity contribution is -0.123. The molecule has 0 saturated carbocycles. The first-order valence-electron chi connectivity index (χ1n) is 20.2. The Kier molecular flexibility index (Phi) is 36.5. The summed E-state index contributed by atoms with van der Waals surface area (Å²) in [7, 11) is 0. The Hall–Kier alpha value is -1.62. The van der Waals surface area contributed by atoms with Gasteiger partial charge in [-0.3, -0.25) is 9.59 Å². The van der Waals surface area contributed by atoms with Crippen LogP contribution in [-0.2, 0) is 9.59 Å². The van der Waals surface area contributed by atoms with E-state index >= 15 is 0 Å². The van der Waals surface area contributed by atoms with Crippen LogP contribution in [0.1, 0.15) is 206 Å². The van der Waals surface area contributed by atoms with Gasteiger partial charge in [-0.05, 0) is 70.6 Å². The van der Waals surface area contributed by atoms with Crippen molar-refractivity contribution in [3.8, 4) is 0 Å². The van der Waals surface area contributed by atoms with Crippen molar-refractivity contribution < 1.29 is 9.59 Å². The average molecular weight is 646 g/mol. The van der Waals surface area contributed by atoms with E-state index in [4.69, 9.17) is 5.73 Å². The molecule has 0 heterocycles. The molecule has 0 aromatic carbocycles. The fraction of sp³-hybridized carbons (Fsp3) is 0.854. The van der Waals surface area contributed by atoms with Crippen LogP contribution in [0.5, 0.6) is 0 Å². The summed E-state index contributed by atoms with van der Waals surface area (Å²) in [5.41, 5.74) is 6.03. The summed E-state index contributed by atoms with van der Waals surface area (Å²) in [6.45, 7) is 5.94. The van der Waals surface area contributed by atoms with Gasteiger partial charge in [-0.2, -0.15) is 0 Å². The molecule has 5 heteroatoms. The molecule has 0 fully saturated rings. The van der Waals surface area contributed by atoms with Gasteiger partial charge < -0.3 is 16.4 Å². The van der Waals surface area contributed by atoms with Gasteiger partial charge in [-0.15, -0.1) is 0 Å². The fourth-order valence-corrected chi connectivity index (χ4v) is 5.82. The van der Waals surface area contributed by atoms with Gasteiger partial charge in [0.2, 0.25) is 11.8 Å². The number of nitrogens with one attached hydrogen (secondary N) is 2. The lowest BCUT2D eigenvalue weighted by Gasteiger charge is -2.12. The molecule has 2 amide bonds. The number of allylic oxidation sites excluding steroid dienone is 4. The monoisotopic (exact) mass is 646 g/mol. The Morgan fingerprint density at radius 3 is 1.20 bits per heavy atom. The van der Waals surface area contributed by atoms with Crippen LogP contribution in [0.3, 0.4) is 0 Å². The second kappa shape index (κ2) is 37.8. The molecule has 4 N–H and O–H groups in total. The minimum atomic E-state index is -0.606. The number of carbonyl (C=O) groups excluding carboxylic acids is 2. The quantitative estimate of drug-likeness (QED) is 0.0468. The van der Waals surface area contributed by atoms with Gasteiger partial charge in [0.1, 0.15) is 0 Å². The highest BCUT2D eigenvalue weighted by Crippen LogP contribution is 2.11. The van der Waals surface area contributed by atoms with Crippen LogP contribution >= 0.6 is 0 Å². The molecular weight excluding hydrogens is 566 g/mol. The SMILES string of the molecule is CCCCCCCC/C=C\CCCCCCCCNC(=O)CCC(N)C(=O)NCCCCCCCC/C=C\CCCCCCCC. The molecule has 0 aliphatic heterocycles. The molecule has 0 bridgehead atoms. The number of unbranched alkanes of at least 4 members (excludes halogenated alkanes) is 24. The number of amides is 2. The molecule has 1 unspecified atom stereocenters. The van der Waals surface area contributed by atoms with Gasteiger partial charge in [0.05, 0.1) is 6.04 Å². The van der Waals surface area contributed by atoms with Gasteiger partial charge in [0.25, 0.3) is 0 Å². The molecule has 1 atom stereocenters. The van der Waals surface area contributed by atoms with E-state index in [1.807, 2.05) is 0 Å². The largest absolute Gasteiger partial charge is 0.356 e. The van der Waals surface area contributed by atoms with Crippen LogP contribution in [0.15, 0.2) is 24.3 Å². The van der Waals surface area contributed by atoms with E-state index in [9.17, 15) is 9.59 Å². The summed E-state index contributed by atoms with van der Waals surface area (Å²) in [4.78, 5) is 24.4. The molecule has 0 rings (SSSR count). The second-order valence-electron chi connectivity index (χ2n) is 13.7. The second-order valence-corrected chi connectivity index (χ2v) is 13.7. The van der Waals surface area contributed by atoms with Crippen molar-refractivity contribution in [1.29, 1.82) is 0 Å². The third kappa shape index (κ3) is 35.2. The van der Waals surface area contributed by atoms with Crippen LogP contribution < -0.4 is 16.4 Å². The number of hydrogen-bond acceptors (Lipinski definition) is 3. The van der Waals surface area contributed by atoms with Crippen LogP contribution in [0.4, 0.5) is 0 Å². The van der Waals surface area contributed by atoms with E-state index in [1.54, 1.807) is 0 Å². The number of rotatable bonds is 36. The number of nitrogens with two attached hydrogens (primary N) is 1. The highest BCUT2D eigenvalue weighted by atomic mass is 16.2. The predicted octanol–water partition coefficient (Wildman–Crippen LogP) is 11.4. The van der Waals surface area contributed by atoms with Crippen molar-refractivity contribution in [3.63, 3.8) is 0 Å². The molecule has 0 radical (unpaired) electrons. The smallest absolute Gasteiger partial charge is 0.236 e. The van der Waals surface area contributed by atoms with Crippen molar-refractivity contribution in [2.45, 2.75) is 213 Å². The summed E-state index contributed by atoms with van der Waals surface area (Å²) >= 11 is 0. The highest BCUT2D eigenvalue weighted by Gasteiger charge is 2.14. The van der Waals surface area contributed by atoms with Gasteiger partial charge in [0.15, 0.2) is 0 Å². The lowest BCUT2D eigenvalue weighted by atomic mass is 10.1. The standard InChI is InChI=1S/C41H79N3O2/c1-3-5-7-9-11-13-15-17-19-21-23-25-27-29-31-33-37-43-40(45)36-35-39(42)41(46)44-38-34-32-30-28-26-24-22-20-18-16-14-12-10-8-6-4-2/h17-20,39H,3-16,21-38,42H2,1-2H3,(H,43,45)(H,44,46)/b19-17-,20-18-. The van der Waals surface area contributed by atoms with Crippen molar-refractivity contribution >= 4 is 11.8 Å². The minimum absolute atomic E-state index is 0.00397. The van der Waals surface area contributed by atoms with E-state index in [0.717, 1.165) is 32.2 Å². The first-order chi connectivity index (χ1) is 22.6. The molecule has 46 heavy (non-hydrogen) atoms. The minimum Gasteiger partial charge on any atom is -0.356 e. The van der Waals surface area contributed by atoms with E-state index in [2.05, 4.69) is 48.8 Å². The van der Waals surface area contributed by atoms with Gasteiger partial charge in [-0.1, -0.05) is 154 Å². The van der Waals surface area contributed by atoms with Crippen molar-refractivity contribution in [2.75, 3.05) is 13.1 Å². The molecule has 0 aromatic heterocycles. The van der Waals surface area contributed by atoms with Crippen LogP contribution in [0.2, 0.25) is 0 Å². The van der Waals surface area contributed by atoms with Crippen molar-refractivity contribution in [1.82, 2.24) is 10.6 Å². The molecule has 0 aromatic rings. The number of hydrogen-bond donors (Lipinski definition) is 3.